The molecule has 0 spiro atoms. The molecule has 2 atom stereocenters. The van der Waals surface area contributed by atoms with E-state index in [0.29, 0.717) is 12.1 Å². The molecule has 0 aliphatic carbocycles. The number of carbonyl (C=O) groups is 2. The molecule has 7 nitrogen and oxygen atoms in total. The Morgan fingerprint density at radius 2 is 1.80 bits per heavy atom. The summed E-state index contributed by atoms with van der Waals surface area (Å²) in [5, 5.41) is 11.4. The van der Waals surface area contributed by atoms with Crippen LogP contribution >= 0.6 is 0 Å². The SMILES string of the molecule is Cc1ccc(C2C(=C(O)c3ccc4c(c3)CC(C)O4)C(=O)C(=O)N2CCCN2CCOCC2)cc1. The number of ether oxygens (including phenoxy) is 2. The molecule has 2 fully saturated rings. The Morgan fingerprint density at radius 1 is 1.06 bits per heavy atom. The van der Waals surface area contributed by atoms with Crippen molar-refractivity contribution < 1.29 is 24.2 Å². The molecule has 0 aromatic heterocycles. The molecule has 3 aliphatic heterocycles. The number of fused-ring (bicyclic) bond motifs is 1. The molecule has 2 saturated heterocycles. The summed E-state index contributed by atoms with van der Waals surface area (Å²) < 4.78 is 11.2. The summed E-state index contributed by atoms with van der Waals surface area (Å²) in [6, 6.07) is 12.6. The van der Waals surface area contributed by atoms with Crippen LogP contribution in [-0.2, 0) is 20.7 Å². The number of aliphatic hydroxyl groups excluding tert-OH is 1. The lowest BCUT2D eigenvalue weighted by molar-refractivity contribution is -0.140. The smallest absolute Gasteiger partial charge is 0.295 e. The average molecular weight is 477 g/mol. The number of Topliss-reactive ketones (excluding diaryl/α,β-unsaturated/α-hetero) is 1. The maximum atomic E-state index is 13.3. The van der Waals surface area contributed by atoms with E-state index in [9.17, 15) is 14.7 Å². The number of nitrogens with zero attached hydrogens (tertiary/aromatic N) is 2. The summed E-state index contributed by atoms with van der Waals surface area (Å²) in [5.74, 6) is -0.526. The molecular weight excluding hydrogens is 444 g/mol. The van der Waals surface area contributed by atoms with Gasteiger partial charge in [0, 0.05) is 38.2 Å². The topological polar surface area (TPSA) is 79.3 Å². The van der Waals surface area contributed by atoms with Crippen molar-refractivity contribution in [1.82, 2.24) is 9.80 Å². The molecule has 35 heavy (non-hydrogen) atoms. The minimum Gasteiger partial charge on any atom is -0.507 e. The second-order valence-corrected chi connectivity index (χ2v) is 9.67. The molecule has 7 heteroatoms. The summed E-state index contributed by atoms with van der Waals surface area (Å²) in [5.41, 5.74) is 3.58. The van der Waals surface area contributed by atoms with Gasteiger partial charge in [0.25, 0.3) is 11.7 Å². The predicted molar refractivity (Wildman–Crippen MR) is 132 cm³/mol. The molecule has 3 aliphatic rings. The predicted octanol–water partition coefficient (Wildman–Crippen LogP) is 3.46. The van der Waals surface area contributed by atoms with Crippen LogP contribution in [0, 0.1) is 6.92 Å². The van der Waals surface area contributed by atoms with E-state index in [-0.39, 0.29) is 17.4 Å². The molecule has 0 bridgehead atoms. The molecule has 2 aromatic carbocycles. The standard InChI is InChI=1S/C28H32N2O5/c1-18-4-6-20(7-5-18)25-24(26(31)21-8-9-23-22(17-21)16-19(2)35-23)27(32)28(33)30(25)11-3-10-29-12-14-34-15-13-29/h4-9,17,19,25,31H,3,10-16H2,1-2H3. The van der Waals surface area contributed by atoms with Gasteiger partial charge in [-0.15, -0.1) is 0 Å². The van der Waals surface area contributed by atoms with Gasteiger partial charge < -0.3 is 19.5 Å². The van der Waals surface area contributed by atoms with E-state index in [0.717, 1.165) is 68.1 Å². The van der Waals surface area contributed by atoms with Crippen LogP contribution in [0.15, 0.2) is 48.0 Å². The third-order valence-electron chi connectivity index (χ3n) is 7.08. The van der Waals surface area contributed by atoms with E-state index in [2.05, 4.69) is 4.90 Å². The summed E-state index contributed by atoms with van der Waals surface area (Å²) in [4.78, 5) is 30.4. The van der Waals surface area contributed by atoms with Crippen LogP contribution in [0.25, 0.3) is 5.76 Å². The number of hydrogen-bond donors (Lipinski definition) is 1. The van der Waals surface area contributed by atoms with Crippen LogP contribution in [0.5, 0.6) is 5.75 Å². The van der Waals surface area contributed by atoms with Crippen LogP contribution < -0.4 is 4.74 Å². The zero-order valence-corrected chi connectivity index (χ0v) is 20.3. The van der Waals surface area contributed by atoms with Crippen molar-refractivity contribution in [3.63, 3.8) is 0 Å². The fraction of sp³-hybridized carbons (Fsp3) is 0.429. The third-order valence-corrected chi connectivity index (χ3v) is 7.08. The highest BCUT2D eigenvalue weighted by molar-refractivity contribution is 6.46. The van der Waals surface area contributed by atoms with E-state index in [1.165, 1.54) is 0 Å². The number of amides is 1. The second-order valence-electron chi connectivity index (χ2n) is 9.67. The van der Waals surface area contributed by atoms with Gasteiger partial charge in [-0.05, 0) is 49.6 Å². The quantitative estimate of drug-likeness (QED) is 0.391. The first-order valence-electron chi connectivity index (χ1n) is 12.4. The Labute approximate surface area is 205 Å². The van der Waals surface area contributed by atoms with Gasteiger partial charge in [-0.1, -0.05) is 29.8 Å². The average Bonchev–Trinajstić information content (AvgIpc) is 3.36. The van der Waals surface area contributed by atoms with E-state index in [1.807, 2.05) is 50.2 Å². The number of ketones is 1. The molecular formula is C28H32N2O5. The van der Waals surface area contributed by atoms with Crippen molar-refractivity contribution >= 4 is 17.4 Å². The van der Waals surface area contributed by atoms with Crippen LogP contribution in [0.2, 0.25) is 0 Å². The van der Waals surface area contributed by atoms with Crippen molar-refractivity contribution in [1.29, 1.82) is 0 Å². The summed E-state index contributed by atoms with van der Waals surface area (Å²) in [6.07, 6.45) is 1.56. The van der Waals surface area contributed by atoms with E-state index in [4.69, 9.17) is 9.47 Å². The number of morpholine rings is 1. The van der Waals surface area contributed by atoms with Crippen LogP contribution in [0.3, 0.4) is 0 Å². The molecule has 5 rings (SSSR count). The zero-order valence-electron chi connectivity index (χ0n) is 20.3. The van der Waals surface area contributed by atoms with Gasteiger partial charge in [0.05, 0.1) is 24.8 Å². The molecule has 0 saturated carbocycles. The van der Waals surface area contributed by atoms with Crippen molar-refractivity contribution in [2.75, 3.05) is 39.4 Å². The molecule has 3 heterocycles. The van der Waals surface area contributed by atoms with Gasteiger partial charge in [0.1, 0.15) is 17.6 Å². The lowest BCUT2D eigenvalue weighted by Gasteiger charge is -2.29. The molecule has 1 amide bonds. The van der Waals surface area contributed by atoms with Gasteiger partial charge in [-0.2, -0.15) is 0 Å². The number of aliphatic hydroxyl groups is 1. The van der Waals surface area contributed by atoms with Crippen molar-refractivity contribution in [2.45, 2.75) is 38.8 Å². The first kappa shape index (κ1) is 23.6. The maximum absolute atomic E-state index is 13.3. The third kappa shape index (κ3) is 4.70. The van der Waals surface area contributed by atoms with Crippen molar-refractivity contribution in [3.8, 4) is 5.75 Å². The maximum Gasteiger partial charge on any atom is 0.295 e. The fourth-order valence-electron chi connectivity index (χ4n) is 5.22. The van der Waals surface area contributed by atoms with Crippen LogP contribution in [0.4, 0.5) is 0 Å². The van der Waals surface area contributed by atoms with Crippen molar-refractivity contribution in [3.05, 3.63) is 70.3 Å². The Kier molecular flexibility index (Phi) is 6.62. The highest BCUT2D eigenvalue weighted by Gasteiger charge is 2.45. The number of rotatable bonds is 6. The van der Waals surface area contributed by atoms with Crippen LogP contribution in [0.1, 0.15) is 41.6 Å². The molecule has 0 radical (unpaired) electrons. The van der Waals surface area contributed by atoms with Gasteiger partial charge in [0.15, 0.2) is 0 Å². The largest absolute Gasteiger partial charge is 0.507 e. The normalized spacial score (nSPS) is 24.0. The summed E-state index contributed by atoms with van der Waals surface area (Å²) >= 11 is 0. The van der Waals surface area contributed by atoms with Gasteiger partial charge in [-0.25, -0.2) is 0 Å². The molecule has 2 unspecified atom stereocenters. The minimum atomic E-state index is -0.635. The monoisotopic (exact) mass is 476 g/mol. The second kappa shape index (κ2) is 9.84. The highest BCUT2D eigenvalue weighted by atomic mass is 16.5. The molecule has 2 aromatic rings. The lowest BCUT2D eigenvalue weighted by atomic mass is 9.94. The molecule has 1 N–H and O–H groups in total. The number of benzene rings is 2. The fourth-order valence-corrected chi connectivity index (χ4v) is 5.22. The van der Waals surface area contributed by atoms with Crippen LogP contribution in [-0.4, -0.2) is 72.1 Å². The van der Waals surface area contributed by atoms with E-state index >= 15 is 0 Å². The van der Waals surface area contributed by atoms with E-state index < -0.39 is 17.7 Å². The Bertz CT molecular complexity index is 1150. The van der Waals surface area contributed by atoms with Gasteiger partial charge in [-0.3, -0.25) is 14.5 Å². The van der Waals surface area contributed by atoms with Crippen molar-refractivity contribution in [2.24, 2.45) is 0 Å². The van der Waals surface area contributed by atoms with Gasteiger partial charge >= 0.3 is 0 Å². The number of hydrogen-bond acceptors (Lipinski definition) is 6. The first-order valence-corrected chi connectivity index (χ1v) is 12.4. The minimum absolute atomic E-state index is 0.0759. The van der Waals surface area contributed by atoms with E-state index in [1.54, 1.807) is 11.0 Å². The summed E-state index contributed by atoms with van der Waals surface area (Å²) in [7, 11) is 0. The highest BCUT2D eigenvalue weighted by Crippen LogP contribution is 2.40. The Morgan fingerprint density at radius 3 is 2.54 bits per heavy atom. The molecule has 184 valence electrons. The first-order chi connectivity index (χ1) is 16.9. The Balaban J connectivity index is 1.47. The lowest BCUT2D eigenvalue weighted by Crippen LogP contribution is -2.38. The zero-order chi connectivity index (χ0) is 24.5. The number of aryl methyl sites for hydroxylation is 1. The summed E-state index contributed by atoms with van der Waals surface area (Å²) in [6.45, 7) is 8.46. The van der Waals surface area contributed by atoms with Gasteiger partial charge in [0.2, 0.25) is 0 Å². The number of carbonyl (C=O) groups excluding carboxylic acids is 2. The Hall–Kier alpha value is -3.16. The number of likely N-dealkylation sites (tertiary alicyclic amines) is 1.